The van der Waals surface area contributed by atoms with E-state index in [4.69, 9.17) is 10.4 Å². The molecule has 2 aromatic rings. The van der Waals surface area contributed by atoms with Crippen molar-refractivity contribution in [1.29, 1.82) is 0 Å². The summed E-state index contributed by atoms with van der Waals surface area (Å²) in [6.07, 6.45) is 10.2. The number of hydrogen-bond donors (Lipinski definition) is 6. The number of hydrogen-bond acceptors (Lipinski definition) is 10. The van der Waals surface area contributed by atoms with Crippen LogP contribution in [-0.2, 0) is 17.1 Å². The monoisotopic (exact) mass is 424 g/mol. The number of nitroso groups, excluding NO2 is 2. The van der Waals surface area contributed by atoms with Crippen molar-refractivity contribution in [2.75, 3.05) is 0 Å². The summed E-state index contributed by atoms with van der Waals surface area (Å²) in [5.74, 6) is 0. The van der Waals surface area contributed by atoms with Crippen molar-refractivity contribution in [3.63, 3.8) is 0 Å². The van der Waals surface area contributed by atoms with Crippen molar-refractivity contribution in [2.24, 2.45) is 10.4 Å². The first-order valence-corrected chi connectivity index (χ1v) is 7.11. The number of aromatic nitrogens is 4. The smallest absolute Gasteiger partial charge is 0.103 e. The van der Waals surface area contributed by atoms with Crippen molar-refractivity contribution >= 4 is 0 Å². The molecule has 0 aliphatic carbocycles. The van der Waals surface area contributed by atoms with E-state index in [1.165, 1.54) is 13.8 Å². The third-order valence-electron chi connectivity index (χ3n) is 2.51. The summed E-state index contributed by atoms with van der Waals surface area (Å²) in [6.45, 7) is 6.12. The Morgan fingerprint density at radius 3 is 1.22 bits per heavy atom. The van der Waals surface area contributed by atoms with Gasteiger partial charge in [-0.3, -0.25) is 21.4 Å². The van der Waals surface area contributed by atoms with Gasteiger partial charge >= 0.3 is 0 Å². The van der Waals surface area contributed by atoms with Crippen LogP contribution in [0.1, 0.15) is 27.7 Å². The van der Waals surface area contributed by atoms with Crippen LogP contribution in [-0.4, -0.2) is 30.4 Å². The number of hydroxylamine groups is 2. The molecule has 0 saturated carbocycles. The number of H-pyrrole nitrogens is 2. The van der Waals surface area contributed by atoms with Crippen LogP contribution in [0.15, 0.2) is 70.6 Å². The van der Waals surface area contributed by atoms with Gasteiger partial charge in [0.1, 0.15) is 11.4 Å². The zero-order valence-corrected chi connectivity index (χ0v) is 16.4. The largest absolute Gasteiger partial charge is 0.351 e. The van der Waals surface area contributed by atoms with E-state index in [1.54, 1.807) is 62.2 Å². The number of allylic oxidation sites excluding steroid dienone is 4. The summed E-state index contributed by atoms with van der Waals surface area (Å²) < 4.78 is 0. The molecule has 0 spiro atoms. The fourth-order valence-electron chi connectivity index (χ4n) is 0.729. The van der Waals surface area contributed by atoms with Crippen LogP contribution in [0.2, 0.25) is 0 Å². The van der Waals surface area contributed by atoms with Gasteiger partial charge in [-0.05, 0) is 38.0 Å². The zero-order valence-electron chi connectivity index (χ0n) is 15.3. The molecule has 2 aromatic heterocycles. The van der Waals surface area contributed by atoms with Gasteiger partial charge in [-0.2, -0.15) is 0 Å². The number of aromatic amines is 2. The summed E-state index contributed by atoms with van der Waals surface area (Å²) in [4.78, 5) is 32.1. The Morgan fingerprint density at radius 2 is 1.15 bits per heavy atom. The molecule has 0 fully saturated rings. The van der Waals surface area contributed by atoms with E-state index in [0.29, 0.717) is 11.4 Å². The minimum atomic E-state index is 0. The van der Waals surface area contributed by atoms with E-state index >= 15 is 0 Å². The maximum absolute atomic E-state index is 9.65. The molecular formula is C14H24FeN8O4. The molecule has 2 rings (SSSR count). The Kier molecular flexibility index (Phi) is 22.7. The normalized spacial score (nSPS) is 10.3. The van der Waals surface area contributed by atoms with Crippen LogP contribution in [0.25, 0.3) is 0 Å². The van der Waals surface area contributed by atoms with Crippen molar-refractivity contribution in [3.8, 4) is 0 Å². The summed E-state index contributed by atoms with van der Waals surface area (Å²) in [5, 5.41) is 21.4. The minimum Gasteiger partial charge on any atom is -0.351 e. The van der Waals surface area contributed by atoms with Crippen LogP contribution in [0.5, 0.6) is 0 Å². The SMILES string of the molecule is C/C(N=O)=C(\C)NO.C/C(N=O)=C(\C)NO.[Fe].c1c[nH]cn1.c1c[nH]cn1. The van der Waals surface area contributed by atoms with Crippen LogP contribution in [0.4, 0.5) is 0 Å². The minimum absolute atomic E-state index is 0. The van der Waals surface area contributed by atoms with Gasteiger partial charge in [0, 0.05) is 41.9 Å². The molecule has 0 aliphatic rings. The predicted molar refractivity (Wildman–Crippen MR) is 95.4 cm³/mol. The molecule has 152 valence electrons. The van der Waals surface area contributed by atoms with Crippen LogP contribution in [0.3, 0.4) is 0 Å². The molecule has 27 heavy (non-hydrogen) atoms. The van der Waals surface area contributed by atoms with Crippen molar-refractivity contribution in [1.82, 2.24) is 30.9 Å². The van der Waals surface area contributed by atoms with Crippen LogP contribution in [0, 0.1) is 9.81 Å². The first kappa shape index (κ1) is 28.9. The first-order valence-electron chi connectivity index (χ1n) is 7.11. The summed E-state index contributed by atoms with van der Waals surface area (Å²) in [7, 11) is 0. The molecular weight excluding hydrogens is 400 g/mol. The fraction of sp³-hybridized carbons (Fsp3) is 0.286. The van der Waals surface area contributed by atoms with Crippen molar-refractivity contribution in [3.05, 3.63) is 70.0 Å². The summed E-state index contributed by atoms with van der Waals surface area (Å²) >= 11 is 0. The second-order valence-electron chi connectivity index (χ2n) is 4.35. The third-order valence-corrected chi connectivity index (χ3v) is 2.51. The Bertz CT molecular complexity index is 539. The Labute approximate surface area is 166 Å². The Hall–Kier alpha value is -2.86. The molecule has 12 nitrogen and oxygen atoms in total. The molecule has 0 amide bonds. The topological polar surface area (TPSA) is 181 Å². The van der Waals surface area contributed by atoms with Crippen LogP contribution < -0.4 is 11.0 Å². The molecule has 13 heteroatoms. The van der Waals surface area contributed by atoms with E-state index in [-0.39, 0.29) is 28.5 Å². The number of imidazole rings is 2. The zero-order chi connectivity index (χ0) is 20.2. The van der Waals surface area contributed by atoms with E-state index in [1.807, 2.05) is 0 Å². The summed E-state index contributed by atoms with van der Waals surface area (Å²) in [5.41, 5.74) is 4.87. The predicted octanol–water partition coefficient (Wildman–Crippen LogP) is 2.78. The second-order valence-corrected chi connectivity index (χ2v) is 4.35. The van der Waals surface area contributed by atoms with Gasteiger partial charge in [0.2, 0.25) is 0 Å². The molecule has 0 aromatic carbocycles. The first-order chi connectivity index (χ1) is 12.4. The Balaban J connectivity index is -0.000000286. The van der Waals surface area contributed by atoms with Gasteiger partial charge in [-0.1, -0.05) is 0 Å². The number of rotatable bonds is 4. The molecule has 0 unspecified atom stereocenters. The van der Waals surface area contributed by atoms with Gasteiger partial charge in [-0.15, -0.1) is 9.81 Å². The number of nitrogens with one attached hydrogen (secondary N) is 4. The van der Waals surface area contributed by atoms with Gasteiger partial charge in [0.05, 0.1) is 24.0 Å². The van der Waals surface area contributed by atoms with Crippen molar-refractivity contribution < 1.29 is 27.5 Å². The summed E-state index contributed by atoms with van der Waals surface area (Å²) in [6, 6.07) is 0. The molecule has 0 atom stereocenters. The average molecular weight is 424 g/mol. The van der Waals surface area contributed by atoms with Crippen molar-refractivity contribution in [2.45, 2.75) is 27.7 Å². The van der Waals surface area contributed by atoms with E-state index in [2.05, 4.69) is 30.3 Å². The number of nitrogens with zero attached hydrogens (tertiary/aromatic N) is 4. The van der Waals surface area contributed by atoms with Gasteiger partial charge in [-0.25, -0.2) is 9.97 Å². The fourth-order valence-corrected chi connectivity index (χ4v) is 0.729. The molecule has 0 saturated heterocycles. The van der Waals surface area contributed by atoms with Gasteiger partial charge in [0.25, 0.3) is 0 Å². The molecule has 0 aliphatic heterocycles. The van der Waals surface area contributed by atoms with Gasteiger partial charge in [0.15, 0.2) is 0 Å². The quantitative estimate of drug-likeness (QED) is 0.246. The van der Waals surface area contributed by atoms with Crippen LogP contribution >= 0.6 is 0 Å². The third kappa shape index (κ3) is 19.3. The molecule has 6 N–H and O–H groups in total. The maximum atomic E-state index is 9.65. The van der Waals surface area contributed by atoms with E-state index < -0.39 is 0 Å². The second kappa shape index (κ2) is 21.2. The maximum Gasteiger partial charge on any atom is 0.103 e. The van der Waals surface area contributed by atoms with E-state index in [9.17, 15) is 9.81 Å². The molecule has 0 radical (unpaired) electrons. The van der Waals surface area contributed by atoms with E-state index in [0.717, 1.165) is 0 Å². The molecule has 0 bridgehead atoms. The van der Waals surface area contributed by atoms with Gasteiger partial charge < -0.3 is 9.97 Å². The average Bonchev–Trinajstić information content (AvgIpc) is 3.44. The Morgan fingerprint density at radius 1 is 0.815 bits per heavy atom. The standard InChI is InChI=1S/2C4H8N2O2.2C3H4N2.Fe/c2*1-3(5-7)4(2)6-8;2*1-2-5-3-4-1;/h2*5,7H,1-2H3;2*1-3H,(H,4,5);/b2*4-3-;;;. The molecule has 2 heterocycles.